The molecule has 0 bridgehead atoms. The number of hydrogen-bond acceptors (Lipinski definition) is 2. The lowest BCUT2D eigenvalue weighted by Crippen LogP contribution is -2.28. The number of para-hydroxylation sites is 1. The van der Waals surface area contributed by atoms with Crippen LogP contribution in [0.25, 0.3) is 0 Å². The summed E-state index contributed by atoms with van der Waals surface area (Å²) in [5.74, 6) is 0. The van der Waals surface area contributed by atoms with Crippen LogP contribution in [0.15, 0.2) is 18.2 Å². The zero-order valence-electron chi connectivity index (χ0n) is 9.37. The maximum Gasteiger partial charge on any atom is 0.321 e. The molecule has 0 aliphatic rings. The van der Waals surface area contributed by atoms with E-state index in [-0.39, 0.29) is 6.03 Å². The lowest BCUT2D eigenvalue weighted by molar-refractivity contribution is 0.230. The maximum absolute atomic E-state index is 11.5. The van der Waals surface area contributed by atoms with Gasteiger partial charge in [0.15, 0.2) is 0 Å². The second-order valence-corrected chi connectivity index (χ2v) is 3.64. The van der Waals surface area contributed by atoms with Crippen molar-refractivity contribution in [3.8, 4) is 0 Å². The summed E-state index contributed by atoms with van der Waals surface area (Å²) in [5, 5.41) is 2.84. The normalized spacial score (nSPS) is 9.87. The first-order valence-corrected chi connectivity index (χ1v) is 4.83. The lowest BCUT2D eigenvalue weighted by atomic mass is 10.1. The first kappa shape index (κ1) is 11.5. The second-order valence-electron chi connectivity index (χ2n) is 3.64. The van der Waals surface area contributed by atoms with Gasteiger partial charge in [-0.25, -0.2) is 4.79 Å². The Kier molecular flexibility index (Phi) is 3.68. The van der Waals surface area contributed by atoms with Gasteiger partial charge in [0.05, 0.1) is 0 Å². The Morgan fingerprint density at radius 2 is 2.13 bits per heavy atom. The highest BCUT2D eigenvalue weighted by molar-refractivity contribution is 5.90. The van der Waals surface area contributed by atoms with Crippen LogP contribution in [0, 0.1) is 6.92 Å². The minimum Gasteiger partial charge on any atom is -0.331 e. The van der Waals surface area contributed by atoms with Crippen molar-refractivity contribution in [1.82, 2.24) is 4.90 Å². The monoisotopic (exact) mass is 207 g/mol. The molecule has 4 heteroatoms. The summed E-state index contributed by atoms with van der Waals surface area (Å²) >= 11 is 0. The largest absolute Gasteiger partial charge is 0.331 e. The minimum atomic E-state index is -0.140. The molecule has 1 aromatic carbocycles. The number of nitrogens with one attached hydrogen (secondary N) is 1. The zero-order valence-corrected chi connectivity index (χ0v) is 9.37. The van der Waals surface area contributed by atoms with E-state index in [9.17, 15) is 4.79 Å². The molecule has 0 saturated heterocycles. The Morgan fingerprint density at radius 1 is 1.47 bits per heavy atom. The first-order chi connectivity index (χ1) is 7.06. The van der Waals surface area contributed by atoms with Crippen LogP contribution in [-0.2, 0) is 6.54 Å². The average molecular weight is 207 g/mol. The van der Waals surface area contributed by atoms with Gasteiger partial charge < -0.3 is 16.0 Å². The molecule has 0 unspecified atom stereocenters. The zero-order chi connectivity index (χ0) is 11.4. The van der Waals surface area contributed by atoms with E-state index in [1.54, 1.807) is 14.1 Å². The van der Waals surface area contributed by atoms with Gasteiger partial charge in [-0.2, -0.15) is 0 Å². The Hall–Kier alpha value is -1.55. The third-order valence-corrected chi connectivity index (χ3v) is 2.22. The van der Waals surface area contributed by atoms with Crippen molar-refractivity contribution in [2.24, 2.45) is 5.73 Å². The minimum absolute atomic E-state index is 0.140. The fraction of sp³-hybridized carbons (Fsp3) is 0.364. The number of benzene rings is 1. The lowest BCUT2D eigenvalue weighted by Gasteiger charge is -2.16. The Morgan fingerprint density at radius 3 is 2.67 bits per heavy atom. The van der Waals surface area contributed by atoms with Gasteiger partial charge in [-0.15, -0.1) is 0 Å². The molecule has 1 aromatic rings. The SMILES string of the molecule is Cc1cccc(CN)c1NC(=O)N(C)C. The van der Waals surface area contributed by atoms with E-state index >= 15 is 0 Å². The number of hydrogen-bond donors (Lipinski definition) is 2. The number of aryl methyl sites for hydroxylation is 1. The van der Waals surface area contributed by atoms with Crippen molar-refractivity contribution in [2.75, 3.05) is 19.4 Å². The number of nitrogens with two attached hydrogens (primary N) is 1. The quantitative estimate of drug-likeness (QED) is 0.773. The van der Waals surface area contributed by atoms with Gasteiger partial charge in [0, 0.05) is 26.3 Å². The highest BCUT2D eigenvalue weighted by Gasteiger charge is 2.09. The van der Waals surface area contributed by atoms with Gasteiger partial charge in [-0.05, 0) is 18.1 Å². The average Bonchev–Trinajstić information content (AvgIpc) is 2.20. The van der Waals surface area contributed by atoms with E-state index in [2.05, 4.69) is 5.32 Å². The smallest absolute Gasteiger partial charge is 0.321 e. The molecule has 2 amide bonds. The predicted octanol–water partition coefficient (Wildman–Crippen LogP) is 1.55. The molecule has 1 rings (SSSR count). The maximum atomic E-state index is 11.5. The molecule has 0 heterocycles. The summed E-state index contributed by atoms with van der Waals surface area (Å²) in [7, 11) is 3.41. The van der Waals surface area contributed by atoms with Gasteiger partial charge >= 0.3 is 6.03 Å². The number of carbonyl (C=O) groups excluding carboxylic acids is 1. The topological polar surface area (TPSA) is 58.4 Å². The molecule has 0 aliphatic carbocycles. The second kappa shape index (κ2) is 4.79. The van der Waals surface area contributed by atoms with E-state index in [0.717, 1.165) is 16.8 Å². The summed E-state index contributed by atoms with van der Waals surface area (Å²) in [6.07, 6.45) is 0. The summed E-state index contributed by atoms with van der Waals surface area (Å²) in [6, 6.07) is 5.66. The number of carbonyl (C=O) groups is 1. The van der Waals surface area contributed by atoms with Crippen LogP contribution in [0.1, 0.15) is 11.1 Å². The molecule has 0 saturated carbocycles. The van der Waals surface area contributed by atoms with Crippen molar-refractivity contribution in [3.05, 3.63) is 29.3 Å². The summed E-state index contributed by atoms with van der Waals surface area (Å²) in [5.41, 5.74) is 8.40. The fourth-order valence-electron chi connectivity index (χ4n) is 1.30. The van der Waals surface area contributed by atoms with Crippen molar-refractivity contribution < 1.29 is 4.79 Å². The molecule has 0 radical (unpaired) electrons. The molecule has 0 aliphatic heterocycles. The third-order valence-electron chi connectivity index (χ3n) is 2.22. The molecule has 0 atom stereocenters. The van der Waals surface area contributed by atoms with Gasteiger partial charge in [-0.1, -0.05) is 18.2 Å². The number of anilines is 1. The Balaban J connectivity index is 2.97. The van der Waals surface area contributed by atoms with Crippen molar-refractivity contribution >= 4 is 11.7 Å². The number of rotatable bonds is 2. The third kappa shape index (κ3) is 2.70. The summed E-state index contributed by atoms with van der Waals surface area (Å²) in [4.78, 5) is 13.0. The van der Waals surface area contributed by atoms with E-state index in [1.165, 1.54) is 4.90 Å². The predicted molar refractivity (Wildman–Crippen MR) is 61.8 cm³/mol. The van der Waals surface area contributed by atoms with Crippen LogP contribution in [0.3, 0.4) is 0 Å². The number of urea groups is 1. The summed E-state index contributed by atoms with van der Waals surface area (Å²) in [6.45, 7) is 2.37. The standard InChI is InChI=1S/C11H17N3O/c1-8-5-4-6-9(7-12)10(8)13-11(15)14(2)3/h4-6H,7,12H2,1-3H3,(H,13,15). The molecule has 3 N–H and O–H groups in total. The highest BCUT2D eigenvalue weighted by Crippen LogP contribution is 2.20. The molecule has 4 nitrogen and oxygen atoms in total. The molecule has 82 valence electrons. The van der Waals surface area contributed by atoms with Crippen molar-refractivity contribution in [3.63, 3.8) is 0 Å². The van der Waals surface area contributed by atoms with Crippen LogP contribution in [0.5, 0.6) is 0 Å². The van der Waals surface area contributed by atoms with Crippen molar-refractivity contribution in [1.29, 1.82) is 0 Å². The fourth-order valence-corrected chi connectivity index (χ4v) is 1.30. The van der Waals surface area contributed by atoms with E-state index in [1.807, 2.05) is 25.1 Å². The van der Waals surface area contributed by atoms with Crippen LogP contribution in [0.2, 0.25) is 0 Å². The summed E-state index contributed by atoms with van der Waals surface area (Å²) < 4.78 is 0. The molecule has 15 heavy (non-hydrogen) atoms. The van der Waals surface area contributed by atoms with E-state index in [0.29, 0.717) is 6.54 Å². The number of nitrogens with zero attached hydrogens (tertiary/aromatic N) is 1. The Bertz CT molecular complexity index is 361. The van der Waals surface area contributed by atoms with Crippen LogP contribution in [-0.4, -0.2) is 25.0 Å². The molecule has 0 spiro atoms. The molecule has 0 aromatic heterocycles. The molecular weight excluding hydrogens is 190 g/mol. The highest BCUT2D eigenvalue weighted by atomic mass is 16.2. The van der Waals surface area contributed by atoms with E-state index in [4.69, 9.17) is 5.73 Å². The molecular formula is C11H17N3O. The van der Waals surface area contributed by atoms with Gasteiger partial charge in [-0.3, -0.25) is 0 Å². The van der Waals surface area contributed by atoms with Gasteiger partial charge in [0.25, 0.3) is 0 Å². The van der Waals surface area contributed by atoms with Crippen LogP contribution >= 0.6 is 0 Å². The van der Waals surface area contributed by atoms with E-state index < -0.39 is 0 Å². The Labute approximate surface area is 90.1 Å². The van der Waals surface area contributed by atoms with Gasteiger partial charge in [0.1, 0.15) is 0 Å². The number of amides is 2. The van der Waals surface area contributed by atoms with Crippen LogP contribution < -0.4 is 11.1 Å². The first-order valence-electron chi connectivity index (χ1n) is 4.83. The van der Waals surface area contributed by atoms with Crippen molar-refractivity contribution in [2.45, 2.75) is 13.5 Å². The van der Waals surface area contributed by atoms with Crippen LogP contribution in [0.4, 0.5) is 10.5 Å². The van der Waals surface area contributed by atoms with Gasteiger partial charge in [0.2, 0.25) is 0 Å². The molecule has 0 fully saturated rings.